The molecule has 0 spiro atoms. The van der Waals surface area contributed by atoms with E-state index in [0.29, 0.717) is 0 Å². The maximum absolute atomic E-state index is 4.18. The summed E-state index contributed by atoms with van der Waals surface area (Å²) < 4.78 is 0. The molecular formula is C14H15N. The van der Waals surface area contributed by atoms with Gasteiger partial charge >= 0.3 is 0 Å². The first-order chi connectivity index (χ1) is 7.14. The van der Waals surface area contributed by atoms with Crippen molar-refractivity contribution in [2.45, 2.75) is 25.8 Å². The van der Waals surface area contributed by atoms with E-state index in [1.165, 1.54) is 16.7 Å². The van der Waals surface area contributed by atoms with Gasteiger partial charge in [-0.15, -0.1) is 0 Å². The number of hydrogen-bond donors (Lipinski definition) is 0. The summed E-state index contributed by atoms with van der Waals surface area (Å²) in [6.45, 7) is 12.5. The van der Waals surface area contributed by atoms with E-state index in [0.717, 1.165) is 17.8 Å². The highest BCUT2D eigenvalue weighted by atomic mass is 15.3. The summed E-state index contributed by atoms with van der Waals surface area (Å²) in [5.41, 5.74) is 6.61. The molecule has 1 aliphatic carbocycles. The maximum atomic E-state index is 4.18. The van der Waals surface area contributed by atoms with E-state index in [1.807, 2.05) is 0 Å². The van der Waals surface area contributed by atoms with Gasteiger partial charge in [-0.3, -0.25) is 0 Å². The molecule has 1 heterocycles. The van der Waals surface area contributed by atoms with Crippen LogP contribution in [0.4, 0.5) is 0 Å². The Labute approximate surface area is 90.7 Å². The Morgan fingerprint density at radius 1 is 1.47 bits per heavy atom. The fraction of sp³-hybridized carbons (Fsp3) is 0.286. The molecule has 1 atom stereocenters. The summed E-state index contributed by atoms with van der Waals surface area (Å²) in [5.74, 6) is 0. The highest BCUT2D eigenvalue weighted by molar-refractivity contribution is 5.85. The van der Waals surface area contributed by atoms with Crippen LogP contribution in [0, 0.1) is 0 Å². The van der Waals surface area contributed by atoms with Gasteiger partial charge in [0.2, 0.25) is 0 Å². The molecule has 3 rings (SSSR count). The minimum Gasteiger partial charge on any atom is -0.332 e. The fourth-order valence-corrected chi connectivity index (χ4v) is 3.15. The Bertz CT molecular complexity index is 498. The summed E-state index contributed by atoms with van der Waals surface area (Å²) >= 11 is 0. The predicted octanol–water partition coefficient (Wildman–Crippen LogP) is 3.47. The Hall–Kier alpha value is -1.50. The Balaban J connectivity index is 2.25. The number of nitrogens with zero attached hydrogens (tertiary/aromatic N) is 1. The molecule has 15 heavy (non-hydrogen) atoms. The Morgan fingerprint density at radius 3 is 2.80 bits per heavy atom. The van der Waals surface area contributed by atoms with Crippen molar-refractivity contribution in [2.75, 3.05) is 0 Å². The summed E-state index contributed by atoms with van der Waals surface area (Å²) in [4.78, 5) is 2.30. The second-order valence-electron chi connectivity index (χ2n) is 4.46. The number of benzene rings is 1. The standard InChI is InChI=1S/C14H15N/c1-5-14-12-8-6-7-11(13(12)14)10(4)15(14)9(2)3/h6-8H,2,4-5H2,1,3H3. The zero-order valence-corrected chi connectivity index (χ0v) is 9.30. The minimum absolute atomic E-state index is 0.127. The molecule has 1 aliphatic heterocycles. The van der Waals surface area contributed by atoms with Crippen LogP contribution in [-0.2, 0) is 5.54 Å². The van der Waals surface area contributed by atoms with Crippen LogP contribution in [0.15, 0.2) is 37.1 Å². The molecule has 76 valence electrons. The van der Waals surface area contributed by atoms with Crippen LogP contribution in [0.2, 0.25) is 0 Å². The van der Waals surface area contributed by atoms with Crippen molar-refractivity contribution in [1.82, 2.24) is 4.90 Å². The van der Waals surface area contributed by atoms with E-state index in [9.17, 15) is 0 Å². The molecule has 0 radical (unpaired) electrons. The van der Waals surface area contributed by atoms with Gasteiger partial charge in [-0.1, -0.05) is 38.3 Å². The highest BCUT2D eigenvalue weighted by Gasteiger charge is 2.60. The normalized spacial score (nSPS) is 25.5. The van der Waals surface area contributed by atoms with Gasteiger partial charge in [0.05, 0.1) is 5.54 Å². The van der Waals surface area contributed by atoms with E-state index in [4.69, 9.17) is 0 Å². The van der Waals surface area contributed by atoms with Gasteiger partial charge in [0.15, 0.2) is 0 Å². The third-order valence-corrected chi connectivity index (χ3v) is 3.72. The van der Waals surface area contributed by atoms with Gasteiger partial charge in [-0.05, 0) is 24.5 Å². The quantitative estimate of drug-likeness (QED) is 0.701. The Morgan fingerprint density at radius 2 is 2.20 bits per heavy atom. The smallest absolute Gasteiger partial charge is 0.0962 e. The average Bonchev–Trinajstić information content (AvgIpc) is 2.77. The van der Waals surface area contributed by atoms with Gasteiger partial charge in [0, 0.05) is 17.0 Å². The largest absolute Gasteiger partial charge is 0.332 e. The molecule has 1 unspecified atom stereocenters. The van der Waals surface area contributed by atoms with Crippen molar-refractivity contribution in [3.8, 4) is 0 Å². The molecule has 0 saturated carbocycles. The summed E-state index contributed by atoms with van der Waals surface area (Å²) in [6.07, 6.45) is 1.10. The minimum atomic E-state index is 0.127. The van der Waals surface area contributed by atoms with Crippen molar-refractivity contribution in [1.29, 1.82) is 0 Å². The number of hydrogen-bond acceptors (Lipinski definition) is 1. The Kier molecular flexibility index (Phi) is 1.38. The lowest BCUT2D eigenvalue weighted by Gasteiger charge is -2.31. The van der Waals surface area contributed by atoms with Gasteiger partial charge in [0.1, 0.15) is 0 Å². The molecule has 0 bridgehead atoms. The average molecular weight is 197 g/mol. The monoisotopic (exact) mass is 197 g/mol. The van der Waals surface area contributed by atoms with Crippen molar-refractivity contribution >= 4 is 5.70 Å². The zero-order valence-electron chi connectivity index (χ0n) is 9.30. The molecular weight excluding hydrogens is 182 g/mol. The molecule has 1 heteroatoms. The van der Waals surface area contributed by atoms with Gasteiger partial charge in [0.25, 0.3) is 0 Å². The van der Waals surface area contributed by atoms with Crippen molar-refractivity contribution in [2.24, 2.45) is 0 Å². The first-order valence-electron chi connectivity index (χ1n) is 5.43. The molecule has 0 amide bonds. The number of rotatable bonds is 2. The molecule has 2 aliphatic rings. The zero-order chi connectivity index (χ0) is 10.8. The number of allylic oxidation sites excluding steroid dienone is 1. The first-order valence-corrected chi connectivity index (χ1v) is 5.43. The van der Waals surface area contributed by atoms with Crippen LogP contribution in [0.5, 0.6) is 0 Å². The maximum Gasteiger partial charge on any atom is 0.0962 e. The van der Waals surface area contributed by atoms with Gasteiger partial charge in [-0.25, -0.2) is 0 Å². The lowest BCUT2D eigenvalue weighted by atomic mass is 10.1. The highest BCUT2D eigenvalue weighted by Crippen LogP contribution is 2.65. The van der Waals surface area contributed by atoms with Gasteiger partial charge in [-0.2, -0.15) is 0 Å². The van der Waals surface area contributed by atoms with Crippen LogP contribution in [0.3, 0.4) is 0 Å². The number of fused-ring (bicyclic) bond motifs is 1. The molecule has 0 aromatic heterocycles. The van der Waals surface area contributed by atoms with E-state index in [1.54, 1.807) is 0 Å². The van der Waals surface area contributed by atoms with E-state index >= 15 is 0 Å². The van der Waals surface area contributed by atoms with Crippen molar-refractivity contribution < 1.29 is 0 Å². The lowest BCUT2D eigenvalue weighted by molar-refractivity contribution is 0.323. The van der Waals surface area contributed by atoms with Crippen LogP contribution < -0.4 is 0 Å². The van der Waals surface area contributed by atoms with Crippen molar-refractivity contribution in [3.05, 3.63) is 53.7 Å². The predicted molar refractivity (Wildman–Crippen MR) is 63.2 cm³/mol. The SMILES string of the molecule is C=C(C)N1C(=C)c2cccc3c2C31CC. The van der Waals surface area contributed by atoms with Crippen LogP contribution in [0.1, 0.15) is 37.0 Å². The molecule has 1 aromatic carbocycles. The van der Waals surface area contributed by atoms with E-state index in [2.05, 4.69) is 50.1 Å². The summed E-state index contributed by atoms with van der Waals surface area (Å²) in [5, 5.41) is 0. The summed E-state index contributed by atoms with van der Waals surface area (Å²) in [6, 6.07) is 6.53. The van der Waals surface area contributed by atoms with Crippen LogP contribution in [-0.4, -0.2) is 4.90 Å². The molecule has 0 saturated heterocycles. The summed E-state index contributed by atoms with van der Waals surface area (Å²) in [7, 11) is 0. The van der Waals surface area contributed by atoms with E-state index < -0.39 is 0 Å². The van der Waals surface area contributed by atoms with Gasteiger partial charge < -0.3 is 4.90 Å². The van der Waals surface area contributed by atoms with Crippen LogP contribution >= 0.6 is 0 Å². The molecule has 0 fully saturated rings. The fourth-order valence-electron chi connectivity index (χ4n) is 3.15. The first kappa shape index (κ1) is 8.78. The molecule has 1 aromatic rings. The van der Waals surface area contributed by atoms with Crippen LogP contribution in [0.25, 0.3) is 5.70 Å². The third kappa shape index (κ3) is 0.728. The van der Waals surface area contributed by atoms with Crippen molar-refractivity contribution in [3.63, 3.8) is 0 Å². The molecule has 1 nitrogen and oxygen atoms in total. The van der Waals surface area contributed by atoms with E-state index in [-0.39, 0.29) is 5.54 Å². The lowest BCUT2D eigenvalue weighted by Crippen LogP contribution is -2.29. The second kappa shape index (κ2) is 2.35. The second-order valence-corrected chi connectivity index (χ2v) is 4.46. The topological polar surface area (TPSA) is 3.24 Å². The molecule has 0 N–H and O–H groups in total. The third-order valence-electron chi connectivity index (χ3n) is 3.72.